The fourth-order valence-corrected chi connectivity index (χ4v) is 6.58. The van der Waals surface area contributed by atoms with Crippen LogP contribution in [-0.4, -0.2) is 62.1 Å². The molecule has 0 unspecified atom stereocenters. The van der Waals surface area contributed by atoms with Gasteiger partial charge in [0.15, 0.2) is 16.5 Å². The molecule has 1 saturated heterocycles. The molecule has 0 saturated carbocycles. The van der Waals surface area contributed by atoms with E-state index in [0.717, 1.165) is 47.8 Å². The predicted octanol–water partition coefficient (Wildman–Crippen LogP) is 2.82. The zero-order valence-electron chi connectivity index (χ0n) is 18.4. The molecule has 34 heavy (non-hydrogen) atoms. The van der Waals surface area contributed by atoms with Gasteiger partial charge in [0.1, 0.15) is 22.3 Å². The second kappa shape index (κ2) is 8.35. The number of nitrogens with zero attached hydrogens (tertiary/aromatic N) is 5. The molecule has 1 N–H and O–H groups in total. The number of hydrogen-bond acceptors (Lipinski definition) is 8. The standard InChI is InChI=1S/C22H21F2N5O3S2/c1-27-21(32)17-19(31)18(30)14(11-29(17)28(2)22(27)5-7-33-8-6-22)20-26-25-16(34-20)9-12-3-4-13(23)10-15(12)24/h3-4,10-11,31H,5-9H2,1-2H3. The van der Waals surface area contributed by atoms with Gasteiger partial charge in [-0.1, -0.05) is 17.4 Å². The smallest absolute Gasteiger partial charge is 0.278 e. The number of aromatic nitrogens is 3. The summed E-state index contributed by atoms with van der Waals surface area (Å²) in [6, 6.07) is 3.30. The Morgan fingerprint density at radius 3 is 2.59 bits per heavy atom. The van der Waals surface area contributed by atoms with Crippen molar-refractivity contribution in [3.63, 3.8) is 0 Å². The highest BCUT2D eigenvalue weighted by molar-refractivity contribution is 7.99. The lowest BCUT2D eigenvalue weighted by Crippen LogP contribution is -2.69. The summed E-state index contributed by atoms with van der Waals surface area (Å²) in [6.45, 7) is 0. The van der Waals surface area contributed by atoms with Crippen LogP contribution in [0.3, 0.4) is 0 Å². The molecule has 2 aromatic heterocycles. The highest BCUT2D eigenvalue weighted by Crippen LogP contribution is 2.39. The van der Waals surface area contributed by atoms with E-state index >= 15 is 0 Å². The molecule has 178 valence electrons. The molecule has 0 aliphatic carbocycles. The Balaban J connectivity index is 1.56. The van der Waals surface area contributed by atoms with Gasteiger partial charge in [-0.25, -0.2) is 8.78 Å². The van der Waals surface area contributed by atoms with Crippen molar-refractivity contribution in [2.24, 2.45) is 0 Å². The van der Waals surface area contributed by atoms with Crippen LogP contribution in [0.1, 0.15) is 33.9 Å². The lowest BCUT2D eigenvalue weighted by Gasteiger charge is -2.54. The molecular weight excluding hydrogens is 484 g/mol. The molecule has 2 aliphatic rings. The van der Waals surface area contributed by atoms with E-state index in [-0.39, 0.29) is 28.2 Å². The summed E-state index contributed by atoms with van der Waals surface area (Å²) in [5.74, 6) is -0.663. The van der Waals surface area contributed by atoms with E-state index in [2.05, 4.69) is 10.2 Å². The first-order valence-corrected chi connectivity index (χ1v) is 12.6. The van der Waals surface area contributed by atoms with Crippen LogP contribution < -0.4 is 10.4 Å². The van der Waals surface area contributed by atoms with Crippen LogP contribution in [0.2, 0.25) is 0 Å². The topological polar surface area (TPSA) is 91.6 Å². The molecular formula is C22H21F2N5O3S2. The van der Waals surface area contributed by atoms with E-state index in [1.165, 1.54) is 16.9 Å². The Kier molecular flexibility index (Phi) is 5.59. The molecule has 1 fully saturated rings. The first-order chi connectivity index (χ1) is 16.2. The van der Waals surface area contributed by atoms with E-state index in [0.29, 0.717) is 5.01 Å². The Morgan fingerprint density at radius 1 is 1.15 bits per heavy atom. The van der Waals surface area contributed by atoms with Crippen molar-refractivity contribution in [3.8, 4) is 16.3 Å². The van der Waals surface area contributed by atoms with E-state index in [9.17, 15) is 23.5 Å². The molecule has 3 aromatic rings. The van der Waals surface area contributed by atoms with Crippen molar-refractivity contribution >= 4 is 29.0 Å². The average molecular weight is 506 g/mol. The summed E-state index contributed by atoms with van der Waals surface area (Å²) in [5.41, 5.74) is -1.05. The first kappa shape index (κ1) is 22.8. The van der Waals surface area contributed by atoms with Crippen molar-refractivity contribution in [2.75, 3.05) is 30.6 Å². The van der Waals surface area contributed by atoms with Crippen LogP contribution >= 0.6 is 23.1 Å². The predicted molar refractivity (Wildman–Crippen MR) is 126 cm³/mol. The van der Waals surface area contributed by atoms with Crippen LogP contribution in [0.4, 0.5) is 8.78 Å². The van der Waals surface area contributed by atoms with Crippen LogP contribution in [0.15, 0.2) is 29.2 Å². The van der Waals surface area contributed by atoms with Crippen LogP contribution in [-0.2, 0) is 6.42 Å². The zero-order valence-corrected chi connectivity index (χ0v) is 20.1. The third kappa shape index (κ3) is 3.47. The third-order valence-electron chi connectivity index (χ3n) is 6.57. The van der Waals surface area contributed by atoms with Gasteiger partial charge in [0.25, 0.3) is 5.91 Å². The Morgan fingerprint density at radius 2 is 1.88 bits per heavy atom. The fourth-order valence-electron chi connectivity index (χ4n) is 4.56. The molecule has 4 heterocycles. The molecule has 0 radical (unpaired) electrons. The average Bonchev–Trinajstić information content (AvgIpc) is 3.29. The summed E-state index contributed by atoms with van der Waals surface area (Å²) in [5, 5.41) is 21.4. The maximum absolute atomic E-state index is 14.0. The zero-order chi connectivity index (χ0) is 24.2. The number of amides is 1. The van der Waals surface area contributed by atoms with E-state index < -0.39 is 34.4 Å². The number of benzene rings is 1. The first-order valence-electron chi connectivity index (χ1n) is 10.6. The molecule has 1 amide bonds. The number of carbonyl (C=O) groups is 1. The van der Waals surface area contributed by atoms with Gasteiger partial charge in [-0.2, -0.15) is 11.8 Å². The normalized spacial score (nSPS) is 17.4. The van der Waals surface area contributed by atoms with Crippen LogP contribution in [0.5, 0.6) is 5.75 Å². The van der Waals surface area contributed by atoms with Gasteiger partial charge in [0.2, 0.25) is 5.43 Å². The molecule has 5 rings (SSSR count). The van der Waals surface area contributed by atoms with Gasteiger partial charge in [0.05, 0.1) is 5.56 Å². The molecule has 1 aromatic carbocycles. The Hall–Kier alpha value is -2.99. The highest BCUT2D eigenvalue weighted by atomic mass is 32.2. The molecule has 0 bridgehead atoms. The van der Waals surface area contributed by atoms with Crippen molar-refractivity contribution in [1.29, 1.82) is 0 Å². The number of carbonyl (C=O) groups excluding carboxylic acids is 1. The molecule has 12 heteroatoms. The summed E-state index contributed by atoms with van der Waals surface area (Å²) >= 11 is 2.90. The quantitative estimate of drug-likeness (QED) is 0.585. The monoisotopic (exact) mass is 505 g/mol. The summed E-state index contributed by atoms with van der Waals surface area (Å²) in [6.07, 6.45) is 3.06. The van der Waals surface area contributed by atoms with Crippen molar-refractivity contribution in [1.82, 2.24) is 19.8 Å². The Bertz CT molecular complexity index is 1350. The number of rotatable bonds is 3. The number of halogens is 2. The Labute approximate surface area is 201 Å². The third-order valence-corrected chi connectivity index (χ3v) is 8.51. The summed E-state index contributed by atoms with van der Waals surface area (Å²) in [4.78, 5) is 27.8. The van der Waals surface area contributed by atoms with E-state index in [1.807, 2.05) is 23.8 Å². The molecule has 2 aliphatic heterocycles. The SMILES string of the molecule is CN1C(=O)c2c(O)c(=O)c(-c3nnc(Cc4ccc(F)cc4F)s3)cn2N(C)C12CCSCC2. The molecule has 0 atom stereocenters. The van der Waals surface area contributed by atoms with Gasteiger partial charge in [-0.05, 0) is 36.0 Å². The highest BCUT2D eigenvalue weighted by Gasteiger charge is 2.48. The van der Waals surface area contributed by atoms with Gasteiger partial charge in [0, 0.05) is 32.8 Å². The minimum absolute atomic E-state index is 0.0754. The van der Waals surface area contributed by atoms with Gasteiger partial charge >= 0.3 is 0 Å². The number of thioether (sulfide) groups is 1. The van der Waals surface area contributed by atoms with Gasteiger partial charge in [-0.15, -0.1) is 10.2 Å². The number of hydrogen-bond donors (Lipinski definition) is 1. The van der Waals surface area contributed by atoms with E-state index in [1.54, 1.807) is 11.9 Å². The van der Waals surface area contributed by atoms with Crippen molar-refractivity contribution in [3.05, 3.63) is 62.5 Å². The minimum atomic E-state index is -0.729. The number of fused-ring (bicyclic) bond motifs is 1. The van der Waals surface area contributed by atoms with Gasteiger partial charge in [-0.3, -0.25) is 19.3 Å². The van der Waals surface area contributed by atoms with Crippen LogP contribution in [0.25, 0.3) is 10.6 Å². The number of pyridine rings is 1. The summed E-state index contributed by atoms with van der Waals surface area (Å²) < 4.78 is 28.8. The maximum atomic E-state index is 14.0. The second-order valence-corrected chi connectivity index (χ2v) is 10.6. The molecule has 8 nitrogen and oxygen atoms in total. The maximum Gasteiger partial charge on any atom is 0.278 e. The van der Waals surface area contributed by atoms with Crippen molar-refractivity contribution < 1.29 is 18.7 Å². The van der Waals surface area contributed by atoms with Crippen molar-refractivity contribution in [2.45, 2.75) is 24.9 Å². The molecule has 1 spiro atoms. The fraction of sp³-hybridized carbons (Fsp3) is 0.364. The van der Waals surface area contributed by atoms with Gasteiger partial charge < -0.3 is 10.0 Å². The summed E-state index contributed by atoms with van der Waals surface area (Å²) in [7, 11) is 3.53. The lowest BCUT2D eigenvalue weighted by molar-refractivity contribution is 0.0355. The van der Waals surface area contributed by atoms with E-state index in [4.69, 9.17) is 0 Å². The lowest BCUT2D eigenvalue weighted by atomic mass is 9.98. The minimum Gasteiger partial charge on any atom is -0.502 e. The largest absolute Gasteiger partial charge is 0.502 e. The van der Waals surface area contributed by atoms with Crippen LogP contribution in [0, 0.1) is 11.6 Å². The second-order valence-electron chi connectivity index (χ2n) is 8.31. The number of aromatic hydroxyl groups is 1.